The normalized spacial score (nSPS) is 14.3. The molecule has 0 aliphatic rings. The van der Waals surface area contributed by atoms with Gasteiger partial charge in [-0.15, -0.1) is 0 Å². The van der Waals surface area contributed by atoms with Gasteiger partial charge in [-0.05, 0) is 24.8 Å². The number of aliphatic carboxylic acids is 1. The molecule has 2 N–H and O–H groups in total. The van der Waals surface area contributed by atoms with E-state index in [0.29, 0.717) is 5.92 Å². The van der Waals surface area contributed by atoms with E-state index in [9.17, 15) is 9.90 Å². The molecule has 0 spiro atoms. The SMILES string of the molecule is CC(C)CCCC(C)NC(C(=O)O)c1ccccc1. The minimum Gasteiger partial charge on any atom is -0.480 e. The lowest BCUT2D eigenvalue weighted by Crippen LogP contribution is -2.35. The van der Waals surface area contributed by atoms with E-state index in [1.807, 2.05) is 30.3 Å². The van der Waals surface area contributed by atoms with Crippen LogP contribution in [0.25, 0.3) is 0 Å². The Kier molecular flexibility index (Phi) is 6.57. The predicted molar refractivity (Wildman–Crippen MR) is 78.1 cm³/mol. The van der Waals surface area contributed by atoms with Crippen LogP contribution < -0.4 is 5.32 Å². The van der Waals surface area contributed by atoms with Crippen molar-refractivity contribution in [1.82, 2.24) is 5.32 Å². The fourth-order valence-electron chi connectivity index (χ4n) is 2.16. The van der Waals surface area contributed by atoms with Crippen molar-refractivity contribution >= 4 is 5.97 Å². The van der Waals surface area contributed by atoms with Crippen molar-refractivity contribution in [3.63, 3.8) is 0 Å². The van der Waals surface area contributed by atoms with Crippen molar-refractivity contribution < 1.29 is 9.90 Å². The van der Waals surface area contributed by atoms with Gasteiger partial charge in [0.1, 0.15) is 6.04 Å². The molecule has 1 rings (SSSR count). The molecular formula is C16H25NO2. The molecule has 0 aromatic heterocycles. The molecule has 0 saturated heterocycles. The van der Waals surface area contributed by atoms with Crippen LogP contribution in [-0.4, -0.2) is 17.1 Å². The number of carbonyl (C=O) groups is 1. The fraction of sp³-hybridized carbons (Fsp3) is 0.562. The Morgan fingerprint density at radius 1 is 1.16 bits per heavy atom. The van der Waals surface area contributed by atoms with E-state index in [1.54, 1.807) is 0 Å². The molecule has 0 saturated carbocycles. The van der Waals surface area contributed by atoms with Gasteiger partial charge in [0.25, 0.3) is 0 Å². The summed E-state index contributed by atoms with van der Waals surface area (Å²) in [6.07, 6.45) is 3.33. The van der Waals surface area contributed by atoms with E-state index in [1.165, 1.54) is 6.42 Å². The summed E-state index contributed by atoms with van der Waals surface area (Å²) in [6, 6.07) is 8.94. The molecule has 19 heavy (non-hydrogen) atoms. The second-order valence-electron chi connectivity index (χ2n) is 5.57. The highest BCUT2D eigenvalue weighted by Gasteiger charge is 2.20. The first-order chi connectivity index (χ1) is 9.00. The molecule has 0 bridgehead atoms. The zero-order chi connectivity index (χ0) is 14.3. The Balaban J connectivity index is 2.53. The van der Waals surface area contributed by atoms with Gasteiger partial charge in [-0.25, -0.2) is 0 Å². The third kappa shape index (κ3) is 5.88. The third-order valence-corrected chi connectivity index (χ3v) is 3.25. The van der Waals surface area contributed by atoms with Crippen LogP contribution >= 0.6 is 0 Å². The first-order valence-electron chi connectivity index (χ1n) is 7.04. The van der Waals surface area contributed by atoms with E-state index >= 15 is 0 Å². The van der Waals surface area contributed by atoms with Crippen molar-refractivity contribution in [2.24, 2.45) is 5.92 Å². The second kappa shape index (κ2) is 7.95. The quantitative estimate of drug-likeness (QED) is 0.753. The maximum absolute atomic E-state index is 11.4. The second-order valence-corrected chi connectivity index (χ2v) is 5.57. The molecule has 1 aromatic rings. The van der Waals surface area contributed by atoms with Crippen molar-refractivity contribution in [2.45, 2.75) is 52.1 Å². The molecule has 0 aliphatic carbocycles. The first kappa shape index (κ1) is 15.7. The number of hydrogen-bond donors (Lipinski definition) is 2. The third-order valence-electron chi connectivity index (χ3n) is 3.25. The van der Waals surface area contributed by atoms with Crippen LogP contribution in [0, 0.1) is 5.92 Å². The monoisotopic (exact) mass is 263 g/mol. The molecule has 3 heteroatoms. The Hall–Kier alpha value is -1.35. The number of rotatable bonds is 8. The largest absolute Gasteiger partial charge is 0.480 e. The molecule has 2 unspecified atom stereocenters. The summed E-state index contributed by atoms with van der Waals surface area (Å²) < 4.78 is 0. The molecular weight excluding hydrogens is 238 g/mol. The maximum Gasteiger partial charge on any atom is 0.325 e. The van der Waals surface area contributed by atoms with E-state index in [0.717, 1.165) is 18.4 Å². The topological polar surface area (TPSA) is 49.3 Å². The summed E-state index contributed by atoms with van der Waals surface area (Å²) in [5.74, 6) is -0.112. The van der Waals surface area contributed by atoms with Crippen molar-refractivity contribution in [3.05, 3.63) is 35.9 Å². The van der Waals surface area contributed by atoms with Gasteiger partial charge in [0.15, 0.2) is 0 Å². The van der Waals surface area contributed by atoms with Gasteiger partial charge in [0.05, 0.1) is 0 Å². The van der Waals surface area contributed by atoms with Crippen LogP contribution in [0.1, 0.15) is 51.6 Å². The van der Waals surface area contributed by atoms with Crippen LogP contribution in [0.3, 0.4) is 0 Å². The molecule has 0 heterocycles. The van der Waals surface area contributed by atoms with Gasteiger partial charge in [0, 0.05) is 6.04 Å². The lowest BCUT2D eigenvalue weighted by molar-refractivity contribution is -0.139. The van der Waals surface area contributed by atoms with E-state index in [2.05, 4.69) is 26.1 Å². The summed E-state index contributed by atoms with van der Waals surface area (Å²) >= 11 is 0. The van der Waals surface area contributed by atoms with E-state index in [4.69, 9.17) is 0 Å². The molecule has 0 radical (unpaired) electrons. The summed E-state index contributed by atoms with van der Waals surface area (Å²) in [4.78, 5) is 11.4. The summed E-state index contributed by atoms with van der Waals surface area (Å²) in [5.41, 5.74) is 0.811. The van der Waals surface area contributed by atoms with Crippen molar-refractivity contribution in [1.29, 1.82) is 0 Å². The zero-order valence-corrected chi connectivity index (χ0v) is 12.1. The Bertz CT molecular complexity index is 376. The van der Waals surface area contributed by atoms with Gasteiger partial charge in [-0.1, -0.05) is 57.0 Å². The molecule has 106 valence electrons. The Morgan fingerprint density at radius 3 is 2.32 bits per heavy atom. The Labute approximate surface area is 116 Å². The smallest absolute Gasteiger partial charge is 0.325 e. The molecule has 1 aromatic carbocycles. The summed E-state index contributed by atoms with van der Waals surface area (Å²) in [6.45, 7) is 6.48. The Morgan fingerprint density at radius 2 is 1.79 bits per heavy atom. The van der Waals surface area contributed by atoms with Crippen LogP contribution in [-0.2, 0) is 4.79 Å². The molecule has 2 atom stereocenters. The highest BCUT2D eigenvalue weighted by atomic mass is 16.4. The number of nitrogens with one attached hydrogen (secondary N) is 1. The first-order valence-corrected chi connectivity index (χ1v) is 7.04. The van der Waals surface area contributed by atoms with Gasteiger partial charge in [-0.2, -0.15) is 0 Å². The molecule has 3 nitrogen and oxygen atoms in total. The molecule has 0 aliphatic heterocycles. The number of benzene rings is 1. The van der Waals surface area contributed by atoms with Crippen LogP contribution in [0.15, 0.2) is 30.3 Å². The van der Waals surface area contributed by atoms with Crippen LogP contribution in [0.2, 0.25) is 0 Å². The van der Waals surface area contributed by atoms with E-state index in [-0.39, 0.29) is 6.04 Å². The average molecular weight is 263 g/mol. The highest BCUT2D eigenvalue weighted by molar-refractivity contribution is 5.75. The van der Waals surface area contributed by atoms with Crippen molar-refractivity contribution in [3.8, 4) is 0 Å². The standard InChI is InChI=1S/C16H25NO2/c1-12(2)8-7-9-13(3)17-15(16(18)19)14-10-5-4-6-11-14/h4-6,10-13,15,17H,7-9H2,1-3H3,(H,18,19). The van der Waals surface area contributed by atoms with Gasteiger partial charge < -0.3 is 5.11 Å². The van der Waals surface area contributed by atoms with Gasteiger partial charge in [0.2, 0.25) is 0 Å². The fourth-order valence-corrected chi connectivity index (χ4v) is 2.16. The number of hydrogen-bond acceptors (Lipinski definition) is 2. The lowest BCUT2D eigenvalue weighted by Gasteiger charge is -2.20. The van der Waals surface area contributed by atoms with Crippen LogP contribution in [0.5, 0.6) is 0 Å². The minimum absolute atomic E-state index is 0.208. The molecule has 0 fully saturated rings. The average Bonchev–Trinajstić information content (AvgIpc) is 2.36. The van der Waals surface area contributed by atoms with E-state index < -0.39 is 12.0 Å². The lowest BCUT2D eigenvalue weighted by atomic mass is 10.0. The number of carboxylic acids is 1. The zero-order valence-electron chi connectivity index (χ0n) is 12.1. The van der Waals surface area contributed by atoms with Gasteiger partial charge in [-0.3, -0.25) is 10.1 Å². The number of carboxylic acid groups (broad SMARTS) is 1. The van der Waals surface area contributed by atoms with Gasteiger partial charge >= 0.3 is 5.97 Å². The maximum atomic E-state index is 11.4. The van der Waals surface area contributed by atoms with Crippen LogP contribution in [0.4, 0.5) is 0 Å². The van der Waals surface area contributed by atoms with Crippen molar-refractivity contribution in [2.75, 3.05) is 0 Å². The molecule has 0 amide bonds. The predicted octanol–water partition coefficient (Wildman–Crippen LogP) is 3.62. The summed E-state index contributed by atoms with van der Waals surface area (Å²) in [5, 5.41) is 12.5. The highest BCUT2D eigenvalue weighted by Crippen LogP contribution is 2.16. The minimum atomic E-state index is -0.818. The summed E-state index contributed by atoms with van der Waals surface area (Å²) in [7, 11) is 0.